The number of halogens is 1. The highest BCUT2D eigenvalue weighted by Gasteiger charge is 2.24. The van der Waals surface area contributed by atoms with Gasteiger partial charge in [0, 0.05) is 29.9 Å². The summed E-state index contributed by atoms with van der Waals surface area (Å²) in [4.78, 5) is 31.5. The summed E-state index contributed by atoms with van der Waals surface area (Å²) in [6, 6.07) is 7.39. The van der Waals surface area contributed by atoms with Gasteiger partial charge in [-0.05, 0) is 57.4 Å². The van der Waals surface area contributed by atoms with Crippen LogP contribution in [0.2, 0.25) is 0 Å². The SMILES string of the molecule is Cc1cc(=O)n(CC(=O)N2CCCCC2C)c(-c2ccc(F)cc2)n1. The van der Waals surface area contributed by atoms with Crippen molar-refractivity contribution in [3.05, 3.63) is 52.2 Å². The van der Waals surface area contributed by atoms with Gasteiger partial charge in [-0.1, -0.05) is 0 Å². The predicted octanol–water partition coefficient (Wildman–Crippen LogP) is 2.76. The van der Waals surface area contributed by atoms with Crippen LogP contribution in [-0.2, 0) is 11.3 Å². The number of benzene rings is 1. The smallest absolute Gasteiger partial charge is 0.254 e. The van der Waals surface area contributed by atoms with Crippen molar-refractivity contribution in [1.82, 2.24) is 14.5 Å². The summed E-state index contributed by atoms with van der Waals surface area (Å²) < 4.78 is 14.6. The van der Waals surface area contributed by atoms with E-state index in [0.717, 1.165) is 25.8 Å². The topological polar surface area (TPSA) is 55.2 Å². The van der Waals surface area contributed by atoms with E-state index in [0.29, 0.717) is 17.1 Å². The molecule has 0 spiro atoms. The van der Waals surface area contributed by atoms with E-state index in [1.165, 1.54) is 22.8 Å². The van der Waals surface area contributed by atoms with Crippen LogP contribution in [0.3, 0.4) is 0 Å². The molecule has 2 aromatic rings. The summed E-state index contributed by atoms with van der Waals surface area (Å²) in [5, 5.41) is 0. The van der Waals surface area contributed by atoms with Crippen LogP contribution in [0, 0.1) is 12.7 Å². The van der Waals surface area contributed by atoms with Crippen LogP contribution in [0.5, 0.6) is 0 Å². The highest BCUT2D eigenvalue weighted by atomic mass is 19.1. The van der Waals surface area contributed by atoms with Gasteiger partial charge in [0.15, 0.2) is 0 Å². The standard InChI is InChI=1S/C19H22FN3O2/c1-13-11-17(24)23(12-18(25)22-10-4-3-5-14(22)2)19(21-13)15-6-8-16(20)9-7-15/h6-9,11,14H,3-5,10,12H2,1-2H3. The lowest BCUT2D eigenvalue weighted by molar-refractivity contribution is -0.135. The van der Waals surface area contributed by atoms with Gasteiger partial charge >= 0.3 is 0 Å². The molecule has 1 aliphatic rings. The first-order valence-corrected chi connectivity index (χ1v) is 8.59. The molecule has 5 nitrogen and oxygen atoms in total. The molecule has 0 radical (unpaired) electrons. The monoisotopic (exact) mass is 343 g/mol. The molecule has 25 heavy (non-hydrogen) atoms. The Labute approximate surface area is 146 Å². The van der Waals surface area contributed by atoms with Crippen LogP contribution in [0.25, 0.3) is 11.4 Å². The minimum atomic E-state index is -0.358. The van der Waals surface area contributed by atoms with Crippen molar-refractivity contribution in [2.75, 3.05) is 6.54 Å². The van der Waals surface area contributed by atoms with E-state index in [1.54, 1.807) is 19.1 Å². The summed E-state index contributed by atoms with van der Waals surface area (Å²) >= 11 is 0. The molecule has 1 saturated heterocycles. The van der Waals surface area contributed by atoms with Gasteiger partial charge in [-0.2, -0.15) is 0 Å². The summed E-state index contributed by atoms with van der Waals surface area (Å²) in [5.41, 5.74) is 0.908. The molecule has 0 saturated carbocycles. The van der Waals surface area contributed by atoms with Gasteiger partial charge in [-0.15, -0.1) is 0 Å². The highest BCUT2D eigenvalue weighted by molar-refractivity contribution is 5.77. The number of hydrogen-bond acceptors (Lipinski definition) is 3. The predicted molar refractivity (Wildman–Crippen MR) is 93.7 cm³/mol. The van der Waals surface area contributed by atoms with E-state index < -0.39 is 0 Å². The Morgan fingerprint density at radius 3 is 2.68 bits per heavy atom. The molecule has 6 heteroatoms. The molecule has 0 bridgehead atoms. The third kappa shape index (κ3) is 3.78. The number of rotatable bonds is 3. The zero-order valence-electron chi connectivity index (χ0n) is 14.5. The van der Waals surface area contributed by atoms with Crippen molar-refractivity contribution in [2.24, 2.45) is 0 Å². The fourth-order valence-corrected chi connectivity index (χ4v) is 3.29. The van der Waals surface area contributed by atoms with E-state index in [9.17, 15) is 14.0 Å². The van der Waals surface area contributed by atoms with E-state index in [-0.39, 0.29) is 29.9 Å². The number of nitrogens with zero attached hydrogens (tertiary/aromatic N) is 3. The molecule has 0 N–H and O–H groups in total. The fourth-order valence-electron chi connectivity index (χ4n) is 3.29. The maximum atomic E-state index is 13.2. The van der Waals surface area contributed by atoms with Crippen LogP contribution in [0.15, 0.2) is 35.1 Å². The number of aryl methyl sites for hydroxylation is 1. The van der Waals surface area contributed by atoms with Gasteiger partial charge in [0.25, 0.3) is 5.56 Å². The Morgan fingerprint density at radius 2 is 2.00 bits per heavy atom. The Kier molecular flexibility index (Phi) is 4.97. The van der Waals surface area contributed by atoms with Crippen LogP contribution in [0.1, 0.15) is 31.9 Å². The molecule has 2 heterocycles. The third-order valence-electron chi connectivity index (χ3n) is 4.66. The first-order valence-electron chi connectivity index (χ1n) is 8.59. The van der Waals surface area contributed by atoms with E-state index in [1.807, 2.05) is 11.8 Å². The van der Waals surface area contributed by atoms with Crippen molar-refractivity contribution >= 4 is 5.91 Å². The summed E-state index contributed by atoms with van der Waals surface area (Å²) in [7, 11) is 0. The molecule has 1 aromatic heterocycles. The second-order valence-corrected chi connectivity index (χ2v) is 6.58. The summed E-state index contributed by atoms with van der Waals surface area (Å²) in [6.07, 6.45) is 3.09. The van der Waals surface area contributed by atoms with Crippen molar-refractivity contribution in [1.29, 1.82) is 0 Å². The molecule has 1 aliphatic heterocycles. The van der Waals surface area contributed by atoms with Crippen LogP contribution in [0.4, 0.5) is 4.39 Å². The lowest BCUT2D eigenvalue weighted by Crippen LogP contribution is -2.44. The van der Waals surface area contributed by atoms with Crippen LogP contribution >= 0.6 is 0 Å². The highest BCUT2D eigenvalue weighted by Crippen LogP contribution is 2.19. The van der Waals surface area contributed by atoms with Gasteiger partial charge in [0.05, 0.1) is 0 Å². The number of amides is 1. The average molecular weight is 343 g/mol. The molecule has 1 amide bonds. The van der Waals surface area contributed by atoms with Crippen molar-refractivity contribution in [2.45, 2.75) is 45.7 Å². The van der Waals surface area contributed by atoms with Crippen molar-refractivity contribution in [3.8, 4) is 11.4 Å². The van der Waals surface area contributed by atoms with Gasteiger partial charge in [0.2, 0.25) is 5.91 Å². The molecular weight excluding hydrogens is 321 g/mol. The Balaban J connectivity index is 1.96. The van der Waals surface area contributed by atoms with Crippen molar-refractivity contribution < 1.29 is 9.18 Å². The number of carbonyl (C=O) groups excluding carboxylic acids is 1. The second-order valence-electron chi connectivity index (χ2n) is 6.58. The Morgan fingerprint density at radius 1 is 1.28 bits per heavy atom. The minimum absolute atomic E-state index is 0.0524. The number of hydrogen-bond donors (Lipinski definition) is 0. The lowest BCUT2D eigenvalue weighted by atomic mass is 10.0. The van der Waals surface area contributed by atoms with Gasteiger partial charge in [0.1, 0.15) is 18.2 Å². The van der Waals surface area contributed by atoms with Crippen LogP contribution < -0.4 is 5.56 Å². The molecule has 132 valence electrons. The number of piperidine rings is 1. The molecule has 1 aromatic carbocycles. The first kappa shape index (κ1) is 17.3. The summed E-state index contributed by atoms with van der Waals surface area (Å²) in [6.45, 7) is 4.44. The zero-order valence-corrected chi connectivity index (χ0v) is 14.5. The van der Waals surface area contributed by atoms with Gasteiger partial charge in [-0.3, -0.25) is 14.2 Å². The average Bonchev–Trinajstić information content (AvgIpc) is 2.58. The molecular formula is C19H22FN3O2. The van der Waals surface area contributed by atoms with Gasteiger partial charge < -0.3 is 4.90 Å². The van der Waals surface area contributed by atoms with E-state index >= 15 is 0 Å². The zero-order chi connectivity index (χ0) is 18.0. The number of likely N-dealkylation sites (tertiary alicyclic amines) is 1. The lowest BCUT2D eigenvalue weighted by Gasteiger charge is -2.33. The number of aromatic nitrogens is 2. The Bertz CT molecular complexity index is 830. The van der Waals surface area contributed by atoms with Crippen molar-refractivity contribution in [3.63, 3.8) is 0 Å². The Hall–Kier alpha value is -2.50. The summed E-state index contributed by atoms with van der Waals surface area (Å²) in [5.74, 6) is -0.0464. The second kappa shape index (κ2) is 7.17. The molecule has 0 aliphatic carbocycles. The molecule has 1 unspecified atom stereocenters. The third-order valence-corrected chi connectivity index (χ3v) is 4.66. The maximum Gasteiger partial charge on any atom is 0.254 e. The maximum absolute atomic E-state index is 13.2. The molecule has 1 fully saturated rings. The molecule has 1 atom stereocenters. The van der Waals surface area contributed by atoms with Gasteiger partial charge in [-0.25, -0.2) is 9.37 Å². The minimum Gasteiger partial charge on any atom is -0.338 e. The van der Waals surface area contributed by atoms with Crippen LogP contribution in [-0.4, -0.2) is 32.9 Å². The number of carbonyl (C=O) groups is 1. The molecule has 3 rings (SSSR count). The fraction of sp³-hybridized carbons (Fsp3) is 0.421. The largest absolute Gasteiger partial charge is 0.338 e. The normalized spacial score (nSPS) is 17.6. The van der Waals surface area contributed by atoms with E-state index in [2.05, 4.69) is 4.98 Å². The van der Waals surface area contributed by atoms with E-state index in [4.69, 9.17) is 0 Å². The quantitative estimate of drug-likeness (QED) is 0.861. The first-order chi connectivity index (χ1) is 12.0.